The third kappa shape index (κ3) is 10.8. The van der Waals surface area contributed by atoms with Gasteiger partial charge in [-0.15, -0.1) is 0 Å². The summed E-state index contributed by atoms with van der Waals surface area (Å²) in [5, 5.41) is -0.266. The summed E-state index contributed by atoms with van der Waals surface area (Å²) >= 11 is -0.0975. The van der Waals surface area contributed by atoms with Gasteiger partial charge in [0.05, 0.1) is 0 Å². The topological polar surface area (TPSA) is 46.2 Å². The van der Waals surface area contributed by atoms with E-state index in [1.807, 2.05) is 91.0 Å². The summed E-state index contributed by atoms with van der Waals surface area (Å²) in [6, 6.07) is 51.3. The molecule has 1 fully saturated rings. The van der Waals surface area contributed by atoms with E-state index in [1.165, 1.54) is 4.46 Å². The molecule has 0 spiro atoms. The predicted molar refractivity (Wildman–Crippen MR) is 202 cm³/mol. The van der Waals surface area contributed by atoms with Crippen LogP contribution in [-0.4, -0.2) is 59.3 Å². The van der Waals surface area contributed by atoms with Crippen LogP contribution in [0.2, 0.25) is 13.1 Å². The zero-order valence-electron chi connectivity index (χ0n) is 28.6. The minimum absolute atomic E-state index is 0.0975. The van der Waals surface area contributed by atoms with E-state index in [-0.39, 0.29) is 26.1 Å². The SMILES string of the molecule is C[Si](C)(C#Cc1ccccc1)O[C@H]1C([Se]c2ccccc2)O[C@H](COCc2ccccc2)[C@@H](OCc2ccccc2)[C@@H]1OCc1ccccc1. The van der Waals surface area contributed by atoms with Gasteiger partial charge in [0.25, 0.3) is 0 Å². The zero-order valence-corrected chi connectivity index (χ0v) is 31.3. The Kier molecular flexibility index (Phi) is 13.3. The molecule has 1 aliphatic heterocycles. The van der Waals surface area contributed by atoms with Gasteiger partial charge in [-0.2, -0.15) is 0 Å². The van der Waals surface area contributed by atoms with E-state index < -0.39 is 26.6 Å². The minimum atomic E-state index is -2.59. The summed E-state index contributed by atoms with van der Waals surface area (Å²) in [7, 11) is -2.59. The average Bonchev–Trinajstić information content (AvgIpc) is 3.16. The van der Waals surface area contributed by atoms with Crippen molar-refractivity contribution in [3.05, 3.63) is 174 Å². The fourth-order valence-corrected chi connectivity index (χ4v) is 9.80. The van der Waals surface area contributed by atoms with Crippen LogP contribution in [0.1, 0.15) is 22.3 Å². The maximum absolute atomic E-state index is 7.20. The zero-order chi connectivity index (χ0) is 34.4. The summed E-state index contributed by atoms with van der Waals surface area (Å²) in [4.78, 5) is 0. The summed E-state index contributed by atoms with van der Waals surface area (Å²) in [6.07, 6.45) is -1.72. The van der Waals surface area contributed by atoms with Gasteiger partial charge in [-0.3, -0.25) is 0 Å². The first kappa shape index (κ1) is 36.0. The Bertz CT molecular complexity index is 1770. The molecule has 1 heterocycles. The number of hydrogen-bond donors (Lipinski definition) is 0. The van der Waals surface area contributed by atoms with Crippen molar-refractivity contribution in [2.24, 2.45) is 0 Å². The van der Waals surface area contributed by atoms with E-state index in [0.29, 0.717) is 26.4 Å². The van der Waals surface area contributed by atoms with Crippen LogP contribution in [0.3, 0.4) is 0 Å². The van der Waals surface area contributed by atoms with Crippen molar-refractivity contribution in [2.75, 3.05) is 6.61 Å². The molecule has 5 nitrogen and oxygen atoms in total. The predicted octanol–water partition coefficient (Wildman–Crippen LogP) is 7.31. The first-order chi connectivity index (χ1) is 24.5. The van der Waals surface area contributed by atoms with Crippen molar-refractivity contribution in [1.29, 1.82) is 0 Å². The first-order valence-electron chi connectivity index (χ1n) is 17.1. The van der Waals surface area contributed by atoms with Gasteiger partial charge >= 0.3 is 305 Å². The molecule has 0 saturated carbocycles. The van der Waals surface area contributed by atoms with E-state index in [1.54, 1.807) is 0 Å². The van der Waals surface area contributed by atoms with E-state index in [4.69, 9.17) is 23.4 Å². The Labute approximate surface area is 304 Å². The maximum atomic E-state index is 7.20. The normalized spacial score (nSPS) is 20.5. The molecule has 0 amide bonds. The molecule has 256 valence electrons. The van der Waals surface area contributed by atoms with Crippen LogP contribution >= 0.6 is 0 Å². The van der Waals surface area contributed by atoms with Crippen LogP contribution in [-0.2, 0) is 43.2 Å². The fourth-order valence-electron chi connectivity index (χ4n) is 5.77. The molecule has 5 aromatic rings. The molecule has 1 aliphatic rings. The number of hydrogen-bond acceptors (Lipinski definition) is 5. The molecule has 0 N–H and O–H groups in total. The van der Waals surface area contributed by atoms with Crippen molar-refractivity contribution >= 4 is 27.7 Å². The monoisotopic (exact) mass is 748 g/mol. The second-order valence-electron chi connectivity index (χ2n) is 12.7. The van der Waals surface area contributed by atoms with Gasteiger partial charge in [0.15, 0.2) is 0 Å². The number of benzene rings is 5. The van der Waals surface area contributed by atoms with Crippen molar-refractivity contribution < 1.29 is 23.4 Å². The average molecular weight is 748 g/mol. The molecule has 0 aromatic heterocycles. The number of rotatable bonds is 14. The van der Waals surface area contributed by atoms with Crippen LogP contribution in [0.15, 0.2) is 152 Å². The van der Waals surface area contributed by atoms with Gasteiger partial charge in [-0.1, -0.05) is 0 Å². The van der Waals surface area contributed by atoms with Gasteiger partial charge < -0.3 is 0 Å². The molecule has 50 heavy (non-hydrogen) atoms. The van der Waals surface area contributed by atoms with Gasteiger partial charge in [-0.05, 0) is 0 Å². The second kappa shape index (κ2) is 18.4. The van der Waals surface area contributed by atoms with Crippen molar-refractivity contribution in [3.63, 3.8) is 0 Å². The Balaban J connectivity index is 1.35. The second-order valence-corrected chi connectivity index (χ2v) is 18.7. The third-order valence-electron chi connectivity index (χ3n) is 8.26. The molecule has 0 aliphatic carbocycles. The van der Waals surface area contributed by atoms with E-state index in [0.717, 1.165) is 22.3 Å². The molecule has 0 bridgehead atoms. The molecule has 0 radical (unpaired) electrons. The molecular weight excluding hydrogens is 704 g/mol. The first-order valence-corrected chi connectivity index (χ1v) is 21.8. The fraction of sp³-hybridized carbons (Fsp3) is 0.256. The van der Waals surface area contributed by atoms with Crippen LogP contribution in [0.4, 0.5) is 0 Å². The van der Waals surface area contributed by atoms with E-state index in [2.05, 4.69) is 85.2 Å². The Morgan fingerprint density at radius 3 is 1.62 bits per heavy atom. The van der Waals surface area contributed by atoms with E-state index in [9.17, 15) is 0 Å². The van der Waals surface area contributed by atoms with Gasteiger partial charge in [0.2, 0.25) is 0 Å². The van der Waals surface area contributed by atoms with E-state index >= 15 is 0 Å². The molecule has 1 unspecified atom stereocenters. The molecule has 7 heteroatoms. The Morgan fingerprint density at radius 2 is 1.06 bits per heavy atom. The molecule has 5 aromatic carbocycles. The van der Waals surface area contributed by atoms with Crippen molar-refractivity contribution in [1.82, 2.24) is 0 Å². The molecule has 5 atom stereocenters. The number of ether oxygens (including phenoxy) is 4. The molecular formula is C43H44O5SeSi. The van der Waals surface area contributed by atoms with Crippen LogP contribution < -0.4 is 4.46 Å². The van der Waals surface area contributed by atoms with Crippen LogP contribution in [0, 0.1) is 11.5 Å². The molecule has 6 rings (SSSR count). The Morgan fingerprint density at radius 1 is 0.580 bits per heavy atom. The Hall–Kier alpha value is -3.80. The van der Waals surface area contributed by atoms with Crippen LogP contribution in [0.5, 0.6) is 0 Å². The quantitative estimate of drug-likeness (QED) is 0.0882. The van der Waals surface area contributed by atoms with Gasteiger partial charge in [0, 0.05) is 0 Å². The summed E-state index contributed by atoms with van der Waals surface area (Å²) < 4.78 is 35.7. The standard InChI is InChI=1S/C43H44O5SeSi/c1-50(2,29-28-34-18-8-3-9-19-34)48-42-41(46-32-37-24-14-6-15-25-37)40(45-31-36-22-12-5-13-23-36)39(33-44-30-35-20-10-4-11-21-35)47-43(42)49-38-26-16-7-17-27-38/h3-27,39-43H,30-33H2,1-2H3/t39-,40-,41+,42-,43?/m1/s1. The van der Waals surface area contributed by atoms with Gasteiger partial charge in [0.1, 0.15) is 0 Å². The van der Waals surface area contributed by atoms with Gasteiger partial charge in [-0.25, -0.2) is 0 Å². The van der Waals surface area contributed by atoms with Crippen LogP contribution in [0.25, 0.3) is 0 Å². The van der Waals surface area contributed by atoms with Crippen molar-refractivity contribution in [3.8, 4) is 11.5 Å². The van der Waals surface area contributed by atoms with Crippen molar-refractivity contribution in [2.45, 2.75) is 62.3 Å². The summed E-state index contributed by atoms with van der Waals surface area (Å²) in [5.41, 5.74) is 7.78. The summed E-state index contributed by atoms with van der Waals surface area (Å²) in [5.74, 6) is 3.38. The summed E-state index contributed by atoms with van der Waals surface area (Å²) in [6.45, 7) is 5.95. The third-order valence-corrected chi connectivity index (χ3v) is 12.3. The molecule has 1 saturated heterocycles.